The summed E-state index contributed by atoms with van der Waals surface area (Å²) in [7, 11) is 0. The Bertz CT molecular complexity index is 1220. The molecular weight excluding hydrogens is 415 g/mol. The highest BCUT2D eigenvalue weighted by molar-refractivity contribution is 5.88. The smallest absolute Gasteiger partial charge is 0.224 e. The summed E-state index contributed by atoms with van der Waals surface area (Å²) in [5, 5.41) is 0.801. The van der Waals surface area contributed by atoms with Crippen molar-refractivity contribution >= 4 is 10.9 Å². The molecule has 5 nitrogen and oxygen atoms in total. The van der Waals surface area contributed by atoms with E-state index in [9.17, 15) is 4.39 Å². The van der Waals surface area contributed by atoms with Gasteiger partial charge in [0.05, 0.1) is 17.5 Å². The van der Waals surface area contributed by atoms with Crippen LogP contribution in [0.2, 0.25) is 0 Å². The van der Waals surface area contributed by atoms with E-state index < -0.39 is 0 Å². The third kappa shape index (κ3) is 5.01. The number of aromatic nitrogens is 3. The Hall–Kier alpha value is -3.38. The second-order valence-corrected chi connectivity index (χ2v) is 8.50. The number of piperidine rings is 1. The quantitative estimate of drug-likeness (QED) is 0.370. The molecule has 168 valence electrons. The molecule has 0 saturated carbocycles. The number of likely N-dealkylation sites (tertiary alicyclic amines) is 1. The fraction of sp³-hybridized carbons (Fsp3) is 0.296. The highest BCUT2D eigenvalue weighted by Gasteiger charge is 2.22. The Kier molecular flexibility index (Phi) is 6.53. The van der Waals surface area contributed by atoms with Gasteiger partial charge < -0.3 is 4.74 Å². The maximum Gasteiger partial charge on any atom is 0.224 e. The molecule has 33 heavy (non-hydrogen) atoms. The first-order chi connectivity index (χ1) is 16.3. The van der Waals surface area contributed by atoms with Crippen molar-refractivity contribution in [1.29, 1.82) is 0 Å². The number of ether oxygens (including phenoxy) is 1. The number of halogens is 1. The van der Waals surface area contributed by atoms with Gasteiger partial charge in [-0.05, 0) is 67.3 Å². The van der Waals surface area contributed by atoms with Gasteiger partial charge in [0.2, 0.25) is 5.88 Å². The van der Waals surface area contributed by atoms with Gasteiger partial charge in [0.25, 0.3) is 0 Å². The second-order valence-electron chi connectivity index (χ2n) is 8.50. The van der Waals surface area contributed by atoms with Crippen molar-refractivity contribution < 1.29 is 9.13 Å². The lowest BCUT2D eigenvalue weighted by molar-refractivity contribution is 0.116. The van der Waals surface area contributed by atoms with Crippen molar-refractivity contribution in [2.24, 2.45) is 0 Å². The first kappa shape index (κ1) is 21.5. The largest absolute Gasteiger partial charge is 0.477 e. The molecule has 0 bridgehead atoms. The standard InChI is InChI=1S/C27H27FN4O/c28-25-7-2-1-6-23(25)21-8-9-26-24(17-21)27(31-19-30-26)33-16-12-22-5-3-4-15-32(22)18-20-10-13-29-14-11-20/h1-2,6-11,13-14,17,19,22H,3-5,12,15-16,18H2. The van der Waals surface area contributed by atoms with Crippen LogP contribution in [0.1, 0.15) is 31.2 Å². The summed E-state index contributed by atoms with van der Waals surface area (Å²) < 4.78 is 20.5. The summed E-state index contributed by atoms with van der Waals surface area (Å²) >= 11 is 0. The van der Waals surface area contributed by atoms with Gasteiger partial charge in [-0.3, -0.25) is 9.88 Å². The lowest BCUT2D eigenvalue weighted by atomic mass is 9.99. The number of benzene rings is 2. The van der Waals surface area contributed by atoms with Crippen LogP contribution < -0.4 is 4.74 Å². The molecule has 1 saturated heterocycles. The van der Waals surface area contributed by atoms with Crippen molar-refractivity contribution in [2.45, 2.75) is 38.3 Å². The predicted molar refractivity (Wildman–Crippen MR) is 127 cm³/mol. The zero-order valence-corrected chi connectivity index (χ0v) is 18.5. The van der Waals surface area contributed by atoms with Gasteiger partial charge in [-0.15, -0.1) is 0 Å². The van der Waals surface area contributed by atoms with Crippen molar-refractivity contribution in [2.75, 3.05) is 13.2 Å². The maximum absolute atomic E-state index is 14.3. The average molecular weight is 443 g/mol. The third-order valence-electron chi connectivity index (χ3n) is 6.36. The Morgan fingerprint density at radius 3 is 2.76 bits per heavy atom. The van der Waals surface area contributed by atoms with Gasteiger partial charge in [0.1, 0.15) is 12.1 Å². The minimum Gasteiger partial charge on any atom is -0.477 e. The summed E-state index contributed by atoms with van der Waals surface area (Å²) in [6, 6.07) is 17.1. The molecule has 1 aliphatic rings. The summed E-state index contributed by atoms with van der Waals surface area (Å²) in [4.78, 5) is 15.4. The van der Waals surface area contributed by atoms with Crippen LogP contribution >= 0.6 is 0 Å². The fourth-order valence-electron chi connectivity index (χ4n) is 4.62. The van der Waals surface area contributed by atoms with Gasteiger partial charge >= 0.3 is 0 Å². The third-order valence-corrected chi connectivity index (χ3v) is 6.36. The van der Waals surface area contributed by atoms with Gasteiger partial charge in [-0.2, -0.15) is 0 Å². The van der Waals surface area contributed by atoms with Crippen LogP contribution in [-0.4, -0.2) is 39.0 Å². The lowest BCUT2D eigenvalue weighted by Crippen LogP contribution is -2.39. The van der Waals surface area contributed by atoms with Crippen LogP contribution in [0.5, 0.6) is 5.88 Å². The molecule has 1 atom stereocenters. The Labute approximate surface area is 193 Å². The maximum atomic E-state index is 14.3. The monoisotopic (exact) mass is 442 g/mol. The Morgan fingerprint density at radius 1 is 1.00 bits per heavy atom. The molecule has 5 rings (SSSR count). The van der Waals surface area contributed by atoms with E-state index in [1.165, 1.54) is 37.2 Å². The van der Waals surface area contributed by atoms with E-state index in [1.54, 1.807) is 12.1 Å². The first-order valence-electron chi connectivity index (χ1n) is 11.5. The van der Waals surface area contributed by atoms with Crippen molar-refractivity contribution in [3.05, 3.63) is 84.7 Å². The van der Waals surface area contributed by atoms with E-state index in [0.29, 0.717) is 24.1 Å². The molecule has 2 aromatic heterocycles. The summed E-state index contributed by atoms with van der Waals surface area (Å²) in [5.41, 5.74) is 3.43. The van der Waals surface area contributed by atoms with E-state index >= 15 is 0 Å². The molecule has 1 unspecified atom stereocenters. The van der Waals surface area contributed by atoms with Crippen LogP contribution in [0.15, 0.2) is 73.3 Å². The molecule has 0 aliphatic carbocycles. The SMILES string of the molecule is Fc1ccccc1-c1ccc2ncnc(OCCC3CCCCN3Cc3ccncc3)c2c1. The Balaban J connectivity index is 1.30. The second kappa shape index (κ2) is 10.0. The molecule has 1 aliphatic heterocycles. The van der Waals surface area contributed by atoms with Crippen LogP contribution in [0.4, 0.5) is 4.39 Å². The van der Waals surface area contributed by atoms with E-state index in [-0.39, 0.29) is 5.82 Å². The van der Waals surface area contributed by atoms with Crippen LogP contribution in [0.3, 0.4) is 0 Å². The molecule has 6 heteroatoms. The highest BCUT2D eigenvalue weighted by atomic mass is 19.1. The zero-order chi connectivity index (χ0) is 22.5. The summed E-state index contributed by atoms with van der Waals surface area (Å²) in [6.07, 6.45) is 9.83. The highest BCUT2D eigenvalue weighted by Crippen LogP contribution is 2.30. The Morgan fingerprint density at radius 2 is 1.88 bits per heavy atom. The number of rotatable bonds is 7. The molecule has 3 heterocycles. The van der Waals surface area contributed by atoms with Crippen LogP contribution in [-0.2, 0) is 6.54 Å². The molecule has 0 spiro atoms. The van der Waals surface area contributed by atoms with E-state index in [2.05, 4.69) is 32.0 Å². The minimum atomic E-state index is -0.247. The van der Waals surface area contributed by atoms with Gasteiger partial charge in [-0.25, -0.2) is 14.4 Å². The normalized spacial score (nSPS) is 16.7. The number of hydrogen-bond donors (Lipinski definition) is 0. The van der Waals surface area contributed by atoms with E-state index in [1.807, 2.05) is 36.7 Å². The van der Waals surface area contributed by atoms with Crippen molar-refractivity contribution in [1.82, 2.24) is 19.9 Å². The zero-order valence-electron chi connectivity index (χ0n) is 18.5. The molecule has 0 N–H and O–H groups in total. The molecule has 1 fully saturated rings. The summed E-state index contributed by atoms with van der Waals surface area (Å²) in [6.45, 7) is 2.62. The van der Waals surface area contributed by atoms with Gasteiger partial charge in [0, 0.05) is 30.5 Å². The molecule has 4 aromatic rings. The number of pyridine rings is 1. The van der Waals surface area contributed by atoms with Crippen molar-refractivity contribution in [3.8, 4) is 17.0 Å². The minimum absolute atomic E-state index is 0.247. The average Bonchev–Trinajstić information content (AvgIpc) is 2.86. The predicted octanol–water partition coefficient (Wildman–Crippen LogP) is 5.65. The van der Waals surface area contributed by atoms with Gasteiger partial charge in [0.15, 0.2) is 0 Å². The molecule has 0 amide bonds. The number of hydrogen-bond acceptors (Lipinski definition) is 5. The van der Waals surface area contributed by atoms with Crippen LogP contribution in [0, 0.1) is 5.82 Å². The summed E-state index contributed by atoms with van der Waals surface area (Å²) in [5.74, 6) is 0.303. The molecule has 0 radical (unpaired) electrons. The number of fused-ring (bicyclic) bond motifs is 1. The van der Waals surface area contributed by atoms with Crippen molar-refractivity contribution in [3.63, 3.8) is 0 Å². The molecular formula is C27H27FN4O. The number of nitrogens with zero attached hydrogens (tertiary/aromatic N) is 4. The fourth-order valence-corrected chi connectivity index (χ4v) is 4.62. The first-order valence-corrected chi connectivity index (χ1v) is 11.5. The van der Waals surface area contributed by atoms with Crippen LogP contribution in [0.25, 0.3) is 22.0 Å². The molecule has 2 aromatic carbocycles. The lowest BCUT2D eigenvalue weighted by Gasteiger charge is -2.35. The topological polar surface area (TPSA) is 51.1 Å². The van der Waals surface area contributed by atoms with E-state index in [4.69, 9.17) is 4.74 Å². The van der Waals surface area contributed by atoms with E-state index in [0.717, 1.165) is 36.0 Å². The van der Waals surface area contributed by atoms with Gasteiger partial charge in [-0.1, -0.05) is 30.7 Å².